The summed E-state index contributed by atoms with van der Waals surface area (Å²) in [5.74, 6) is 0.385. The number of hydrazone groups is 1. The summed E-state index contributed by atoms with van der Waals surface area (Å²) in [6, 6.07) is 11.7. The molecule has 0 atom stereocenters. The number of para-hydroxylation sites is 1. The van der Waals surface area contributed by atoms with Crippen LogP contribution in [0.15, 0.2) is 47.6 Å². The minimum Gasteiger partial charge on any atom is -0.507 e. The van der Waals surface area contributed by atoms with Gasteiger partial charge in [-0.2, -0.15) is 5.10 Å². The van der Waals surface area contributed by atoms with E-state index in [1.54, 1.807) is 42.5 Å². The second-order valence-corrected chi connectivity index (χ2v) is 5.72. The van der Waals surface area contributed by atoms with Crippen molar-refractivity contribution in [3.63, 3.8) is 0 Å². The van der Waals surface area contributed by atoms with Crippen molar-refractivity contribution in [2.45, 2.75) is 12.8 Å². The van der Waals surface area contributed by atoms with Crippen LogP contribution in [0.2, 0.25) is 10.0 Å². The van der Waals surface area contributed by atoms with Gasteiger partial charge < -0.3 is 9.84 Å². The predicted molar refractivity (Wildman–Crippen MR) is 95.0 cm³/mol. The third-order valence-electron chi connectivity index (χ3n) is 3.03. The smallest absolute Gasteiger partial charge is 0.240 e. The molecule has 0 saturated carbocycles. The van der Waals surface area contributed by atoms with E-state index in [0.29, 0.717) is 34.4 Å². The maximum absolute atomic E-state index is 11.7. The zero-order valence-electron chi connectivity index (χ0n) is 12.7. The highest BCUT2D eigenvalue weighted by molar-refractivity contribution is 6.35. The molecule has 0 aliphatic rings. The standard InChI is InChI=1S/C17H16Cl2N2O3/c18-13-7-8-16(14(19)10-13)24-9-3-6-17(23)21-20-11-12-4-1-2-5-15(12)22/h1-2,4-5,7-8,10-11,22H,3,6,9H2,(H,21,23)/b20-11-. The summed E-state index contributed by atoms with van der Waals surface area (Å²) in [6.45, 7) is 0.345. The monoisotopic (exact) mass is 366 g/mol. The number of carbonyl (C=O) groups excluding carboxylic acids is 1. The Labute approximate surface area is 149 Å². The molecule has 1 amide bonds. The number of nitrogens with one attached hydrogen (secondary N) is 1. The molecule has 24 heavy (non-hydrogen) atoms. The minimum atomic E-state index is -0.243. The molecule has 0 unspecified atom stereocenters. The number of benzene rings is 2. The molecule has 0 spiro atoms. The second kappa shape index (κ2) is 9.15. The lowest BCUT2D eigenvalue weighted by Crippen LogP contribution is -2.18. The number of ether oxygens (including phenoxy) is 1. The van der Waals surface area contributed by atoms with E-state index in [-0.39, 0.29) is 18.1 Å². The highest BCUT2D eigenvalue weighted by atomic mass is 35.5. The van der Waals surface area contributed by atoms with Crippen LogP contribution in [0.5, 0.6) is 11.5 Å². The highest BCUT2D eigenvalue weighted by Crippen LogP contribution is 2.27. The quantitative estimate of drug-likeness (QED) is 0.441. The van der Waals surface area contributed by atoms with Crippen LogP contribution < -0.4 is 10.2 Å². The molecule has 2 aromatic rings. The second-order valence-electron chi connectivity index (χ2n) is 4.88. The minimum absolute atomic E-state index is 0.101. The number of rotatable bonds is 7. The summed E-state index contributed by atoms with van der Waals surface area (Å²) >= 11 is 11.8. The average Bonchev–Trinajstić information content (AvgIpc) is 2.55. The summed E-state index contributed by atoms with van der Waals surface area (Å²) in [7, 11) is 0. The van der Waals surface area contributed by atoms with Crippen molar-refractivity contribution in [2.75, 3.05) is 6.61 Å². The number of halogens is 2. The molecule has 0 fully saturated rings. The van der Waals surface area contributed by atoms with Crippen molar-refractivity contribution in [1.29, 1.82) is 0 Å². The fourth-order valence-electron chi connectivity index (χ4n) is 1.83. The number of carbonyl (C=O) groups is 1. The molecular weight excluding hydrogens is 351 g/mol. The lowest BCUT2D eigenvalue weighted by molar-refractivity contribution is -0.121. The molecule has 2 N–H and O–H groups in total. The first-order chi connectivity index (χ1) is 11.6. The van der Waals surface area contributed by atoms with Gasteiger partial charge in [-0.05, 0) is 36.8 Å². The molecular formula is C17H16Cl2N2O3. The van der Waals surface area contributed by atoms with Gasteiger partial charge >= 0.3 is 0 Å². The lowest BCUT2D eigenvalue weighted by Gasteiger charge is -2.07. The molecule has 0 aliphatic heterocycles. The van der Waals surface area contributed by atoms with E-state index in [1.807, 2.05) is 0 Å². The third kappa shape index (κ3) is 5.76. The SMILES string of the molecule is O=C(CCCOc1ccc(Cl)cc1Cl)N/N=C\c1ccccc1O. The molecule has 0 bridgehead atoms. The van der Waals surface area contributed by atoms with Gasteiger partial charge in [-0.3, -0.25) is 4.79 Å². The van der Waals surface area contributed by atoms with E-state index < -0.39 is 0 Å². The molecule has 0 aromatic heterocycles. The van der Waals surface area contributed by atoms with Crippen molar-refractivity contribution in [1.82, 2.24) is 5.43 Å². The number of phenolic OH excluding ortho intramolecular Hbond substituents is 1. The van der Waals surface area contributed by atoms with Crippen molar-refractivity contribution in [3.05, 3.63) is 58.1 Å². The third-order valence-corrected chi connectivity index (χ3v) is 3.56. The first kappa shape index (κ1) is 18.1. The Kier molecular flexibility index (Phi) is 6.90. The Morgan fingerprint density at radius 2 is 2.04 bits per heavy atom. The van der Waals surface area contributed by atoms with Crippen LogP contribution in [0.3, 0.4) is 0 Å². The van der Waals surface area contributed by atoms with Crippen LogP contribution in [0.25, 0.3) is 0 Å². The molecule has 2 rings (SSSR count). The molecule has 0 heterocycles. The van der Waals surface area contributed by atoms with Crippen molar-refractivity contribution >= 4 is 35.3 Å². The van der Waals surface area contributed by atoms with Gasteiger partial charge in [-0.15, -0.1) is 0 Å². The van der Waals surface area contributed by atoms with E-state index >= 15 is 0 Å². The van der Waals surface area contributed by atoms with Gasteiger partial charge in [0, 0.05) is 17.0 Å². The number of nitrogens with zero attached hydrogens (tertiary/aromatic N) is 1. The van der Waals surface area contributed by atoms with Crippen molar-refractivity contribution in [2.24, 2.45) is 5.10 Å². The van der Waals surface area contributed by atoms with E-state index in [1.165, 1.54) is 6.21 Å². The van der Waals surface area contributed by atoms with Crippen LogP contribution in [-0.2, 0) is 4.79 Å². The predicted octanol–water partition coefficient (Wildman–Crippen LogP) is 4.01. The summed E-state index contributed by atoms with van der Waals surface area (Å²) in [5.41, 5.74) is 2.92. The van der Waals surface area contributed by atoms with E-state index in [2.05, 4.69) is 10.5 Å². The van der Waals surface area contributed by atoms with Crippen LogP contribution in [0.4, 0.5) is 0 Å². The van der Waals surface area contributed by atoms with Crippen LogP contribution in [0.1, 0.15) is 18.4 Å². The number of aromatic hydroxyl groups is 1. The van der Waals surface area contributed by atoms with Gasteiger partial charge in [0.2, 0.25) is 5.91 Å². The maximum Gasteiger partial charge on any atom is 0.240 e. The Morgan fingerprint density at radius 1 is 1.25 bits per heavy atom. The van der Waals surface area contributed by atoms with Crippen molar-refractivity contribution in [3.8, 4) is 11.5 Å². The molecule has 5 nitrogen and oxygen atoms in total. The number of amides is 1. The maximum atomic E-state index is 11.7. The fourth-order valence-corrected chi connectivity index (χ4v) is 2.30. The van der Waals surface area contributed by atoms with Gasteiger partial charge in [0.05, 0.1) is 17.8 Å². The zero-order chi connectivity index (χ0) is 17.4. The van der Waals surface area contributed by atoms with Gasteiger partial charge in [-0.1, -0.05) is 35.3 Å². The largest absolute Gasteiger partial charge is 0.507 e. The Bertz CT molecular complexity index is 736. The van der Waals surface area contributed by atoms with Gasteiger partial charge in [0.25, 0.3) is 0 Å². The molecule has 0 aliphatic carbocycles. The van der Waals surface area contributed by atoms with E-state index in [9.17, 15) is 9.90 Å². The van der Waals surface area contributed by atoms with Gasteiger partial charge in [0.15, 0.2) is 0 Å². The zero-order valence-corrected chi connectivity index (χ0v) is 14.2. The van der Waals surface area contributed by atoms with Gasteiger partial charge in [-0.25, -0.2) is 5.43 Å². The first-order valence-corrected chi connectivity index (χ1v) is 7.99. The number of hydrogen-bond acceptors (Lipinski definition) is 4. The molecule has 0 saturated heterocycles. The van der Waals surface area contributed by atoms with Gasteiger partial charge in [0.1, 0.15) is 11.5 Å². The number of phenols is 1. The summed E-state index contributed by atoms with van der Waals surface area (Å²) < 4.78 is 5.49. The fraction of sp³-hybridized carbons (Fsp3) is 0.176. The summed E-state index contributed by atoms with van der Waals surface area (Å²) in [4.78, 5) is 11.7. The van der Waals surface area contributed by atoms with Crippen LogP contribution in [-0.4, -0.2) is 23.8 Å². The first-order valence-electron chi connectivity index (χ1n) is 7.24. The van der Waals surface area contributed by atoms with Crippen molar-refractivity contribution < 1.29 is 14.6 Å². The molecule has 2 aromatic carbocycles. The van der Waals surface area contributed by atoms with Crippen LogP contribution in [0, 0.1) is 0 Å². The molecule has 7 heteroatoms. The number of hydrogen-bond donors (Lipinski definition) is 2. The highest BCUT2D eigenvalue weighted by Gasteiger charge is 2.04. The Morgan fingerprint density at radius 3 is 2.79 bits per heavy atom. The van der Waals surface area contributed by atoms with Crippen LogP contribution >= 0.6 is 23.2 Å². The molecule has 126 valence electrons. The van der Waals surface area contributed by atoms with E-state index in [0.717, 1.165) is 0 Å². The summed E-state index contributed by atoms with van der Waals surface area (Å²) in [5, 5.41) is 14.3. The molecule has 0 radical (unpaired) electrons. The lowest BCUT2D eigenvalue weighted by atomic mass is 10.2. The Hall–Kier alpha value is -2.24. The van der Waals surface area contributed by atoms with E-state index in [4.69, 9.17) is 27.9 Å². The Balaban J connectivity index is 1.69. The normalized spacial score (nSPS) is 10.8. The summed E-state index contributed by atoms with van der Waals surface area (Å²) in [6.07, 6.45) is 2.15. The average molecular weight is 367 g/mol. The topological polar surface area (TPSA) is 70.9 Å².